The Morgan fingerprint density at radius 2 is 1.41 bits per heavy atom. The number of hydrogen-bond acceptors (Lipinski definition) is 6. The molecule has 0 unspecified atom stereocenters. The standard InChI is InChI=1S/C14H13ClF6N6/c1-6(13(16,17)18)22-11-25-10(8-4-3-5-9(15)24-8)26-12(27-11)23-7(2)14(19,20)21/h3-7H,1-2H3,(H2,22,23,25,26,27)/t6-,7-/m1/s1/i3D,4D,5D,6D,7D. The summed E-state index contributed by atoms with van der Waals surface area (Å²) in [5, 5.41) is 2.56. The molecule has 0 fully saturated rings. The zero-order valence-corrected chi connectivity index (χ0v) is 14.2. The van der Waals surface area contributed by atoms with Crippen molar-refractivity contribution in [2.45, 2.75) is 38.2 Å². The largest absolute Gasteiger partial charge is 0.408 e. The Bertz CT molecular complexity index is 986. The summed E-state index contributed by atoms with van der Waals surface area (Å²) in [4.78, 5) is 14.0. The topological polar surface area (TPSA) is 75.6 Å². The molecule has 0 aliphatic rings. The Hall–Kier alpha value is -2.37. The SMILES string of the molecule is [2H]c1c(Cl)nc(-c2nc(N[C@]([2H])(C)C(F)(F)F)nc(N[C@]([2H])(C)C(F)(F)F)n2)c([2H])c1[2H]. The van der Waals surface area contributed by atoms with Crippen LogP contribution in [0.4, 0.5) is 38.2 Å². The van der Waals surface area contributed by atoms with Gasteiger partial charge < -0.3 is 10.6 Å². The molecular formula is C14H13ClF6N6. The third kappa shape index (κ3) is 5.81. The smallest absolute Gasteiger partial charge is 0.343 e. The molecule has 0 aliphatic carbocycles. The molecule has 27 heavy (non-hydrogen) atoms. The van der Waals surface area contributed by atoms with Crippen LogP contribution in [-0.4, -0.2) is 44.3 Å². The zero-order chi connectivity index (χ0) is 24.9. The highest BCUT2D eigenvalue weighted by Gasteiger charge is 2.38. The van der Waals surface area contributed by atoms with Gasteiger partial charge in [0.05, 0.1) is 6.85 Å². The number of anilines is 2. The van der Waals surface area contributed by atoms with Crippen molar-refractivity contribution in [3.63, 3.8) is 0 Å². The van der Waals surface area contributed by atoms with E-state index >= 15 is 0 Å². The summed E-state index contributed by atoms with van der Waals surface area (Å²) >= 11 is 5.69. The van der Waals surface area contributed by atoms with E-state index in [1.165, 1.54) is 0 Å². The van der Waals surface area contributed by atoms with Crippen molar-refractivity contribution in [1.82, 2.24) is 19.9 Å². The van der Waals surface area contributed by atoms with Crippen molar-refractivity contribution in [2.75, 3.05) is 10.6 Å². The number of rotatable bonds is 5. The van der Waals surface area contributed by atoms with Crippen LogP contribution in [0.2, 0.25) is 5.15 Å². The summed E-state index contributed by atoms with van der Waals surface area (Å²) in [6.45, 7) is 0.769. The molecule has 2 heterocycles. The lowest BCUT2D eigenvalue weighted by molar-refractivity contribution is -0.139. The van der Waals surface area contributed by atoms with Crippen LogP contribution in [0.25, 0.3) is 11.5 Å². The average molecular weight is 420 g/mol. The molecule has 6 nitrogen and oxygen atoms in total. The molecule has 148 valence electrons. The van der Waals surface area contributed by atoms with Crippen LogP contribution >= 0.6 is 11.6 Å². The van der Waals surface area contributed by atoms with Gasteiger partial charge >= 0.3 is 12.4 Å². The fourth-order valence-corrected chi connectivity index (χ4v) is 1.60. The third-order valence-electron chi connectivity index (χ3n) is 2.85. The summed E-state index contributed by atoms with van der Waals surface area (Å²) < 4.78 is 116. The molecule has 2 N–H and O–H groups in total. The Morgan fingerprint density at radius 3 is 1.85 bits per heavy atom. The fourth-order valence-electron chi connectivity index (χ4n) is 1.47. The van der Waals surface area contributed by atoms with E-state index in [0.29, 0.717) is 13.8 Å². The highest BCUT2D eigenvalue weighted by atomic mass is 35.5. The van der Waals surface area contributed by atoms with Crippen LogP contribution in [0.5, 0.6) is 0 Å². The van der Waals surface area contributed by atoms with Gasteiger partial charge in [0.1, 0.15) is 22.9 Å². The van der Waals surface area contributed by atoms with Crippen LogP contribution in [-0.2, 0) is 0 Å². The summed E-state index contributed by atoms with van der Waals surface area (Å²) in [7, 11) is 0. The van der Waals surface area contributed by atoms with Gasteiger partial charge in [-0.1, -0.05) is 17.6 Å². The van der Waals surface area contributed by atoms with E-state index in [1.54, 1.807) is 10.6 Å². The molecule has 2 aromatic heterocycles. The summed E-state index contributed by atoms with van der Waals surface area (Å²) in [6, 6.07) is -8.99. The Balaban J connectivity index is 2.70. The molecule has 0 saturated carbocycles. The van der Waals surface area contributed by atoms with E-state index in [1.807, 2.05) is 0 Å². The highest BCUT2D eigenvalue weighted by molar-refractivity contribution is 6.29. The number of pyridine rings is 1. The minimum absolute atomic E-state index is 0.385. The molecule has 2 rings (SSSR count). The number of nitrogens with zero attached hydrogens (tertiary/aromatic N) is 4. The second kappa shape index (κ2) is 7.71. The molecule has 0 radical (unpaired) electrons. The predicted molar refractivity (Wildman–Crippen MR) is 86.3 cm³/mol. The van der Waals surface area contributed by atoms with Gasteiger partial charge in [0, 0.05) is 0 Å². The van der Waals surface area contributed by atoms with E-state index in [4.69, 9.17) is 18.5 Å². The third-order valence-corrected chi connectivity index (χ3v) is 3.03. The van der Waals surface area contributed by atoms with Crippen LogP contribution < -0.4 is 10.6 Å². The lowest BCUT2D eigenvalue weighted by Gasteiger charge is -2.20. The van der Waals surface area contributed by atoms with Crippen molar-refractivity contribution in [1.29, 1.82) is 0 Å². The molecule has 2 atom stereocenters. The van der Waals surface area contributed by atoms with E-state index in [9.17, 15) is 26.3 Å². The maximum absolute atomic E-state index is 13.1. The van der Waals surface area contributed by atoms with Gasteiger partial charge in [-0.05, 0) is 25.9 Å². The average Bonchev–Trinajstić information content (AvgIpc) is 2.60. The maximum atomic E-state index is 13.1. The van der Waals surface area contributed by atoms with Crippen molar-refractivity contribution in [2.24, 2.45) is 0 Å². The van der Waals surface area contributed by atoms with Gasteiger partial charge in [-0.15, -0.1) is 0 Å². The van der Waals surface area contributed by atoms with Gasteiger partial charge in [0.15, 0.2) is 5.82 Å². The van der Waals surface area contributed by atoms with Gasteiger partial charge in [-0.25, -0.2) is 4.98 Å². The first-order valence-corrected chi connectivity index (χ1v) is 7.24. The lowest BCUT2D eigenvalue weighted by atomic mass is 10.3. The predicted octanol–water partition coefficient (Wildman–Crippen LogP) is 4.31. The Morgan fingerprint density at radius 1 is 0.926 bits per heavy atom. The number of halogens is 7. The molecule has 2 aromatic rings. The van der Waals surface area contributed by atoms with E-state index in [-0.39, 0.29) is 0 Å². The first-order valence-electron chi connectivity index (χ1n) is 9.36. The minimum Gasteiger partial charge on any atom is -0.343 e. The fraction of sp³-hybridized carbons (Fsp3) is 0.429. The first kappa shape index (κ1) is 14.7. The quantitative estimate of drug-likeness (QED) is 0.555. The van der Waals surface area contributed by atoms with Gasteiger partial charge in [-0.2, -0.15) is 41.3 Å². The molecule has 0 spiro atoms. The van der Waals surface area contributed by atoms with Crippen molar-refractivity contribution in [3.8, 4) is 11.5 Å². The van der Waals surface area contributed by atoms with Crippen molar-refractivity contribution in [3.05, 3.63) is 23.3 Å². The second-order valence-electron chi connectivity index (χ2n) is 4.93. The Kier molecular flexibility index (Phi) is 4.18. The molecule has 0 aliphatic heterocycles. The number of hydrogen-bond donors (Lipinski definition) is 2. The summed E-state index contributed by atoms with van der Waals surface area (Å²) in [5.74, 6) is -2.87. The molecule has 0 bridgehead atoms. The zero-order valence-electron chi connectivity index (χ0n) is 18.4. The van der Waals surface area contributed by atoms with Gasteiger partial charge in [0.25, 0.3) is 0 Å². The molecular weight excluding hydrogens is 402 g/mol. The monoisotopic (exact) mass is 419 g/mol. The van der Waals surface area contributed by atoms with Crippen molar-refractivity contribution >= 4 is 23.5 Å². The van der Waals surface area contributed by atoms with Crippen LogP contribution in [0.3, 0.4) is 0 Å². The molecule has 0 saturated heterocycles. The highest BCUT2D eigenvalue weighted by Crippen LogP contribution is 2.26. The lowest BCUT2D eigenvalue weighted by Crippen LogP contribution is -2.35. The molecule has 0 aromatic carbocycles. The van der Waals surface area contributed by atoms with Gasteiger partial charge in [0.2, 0.25) is 11.9 Å². The van der Waals surface area contributed by atoms with Crippen LogP contribution in [0, 0.1) is 0 Å². The first-order chi connectivity index (χ1) is 14.3. The second-order valence-corrected chi connectivity index (χ2v) is 5.29. The normalized spacial score (nSPS) is 19.5. The minimum atomic E-state index is -5.16. The number of nitrogens with one attached hydrogen (secondary N) is 2. The summed E-state index contributed by atoms with van der Waals surface area (Å²) in [6.07, 6.45) is -10.3. The van der Waals surface area contributed by atoms with Crippen LogP contribution in [0.1, 0.15) is 20.7 Å². The van der Waals surface area contributed by atoms with Crippen molar-refractivity contribution < 1.29 is 33.2 Å². The number of aromatic nitrogens is 4. The Labute approximate surface area is 161 Å². The van der Waals surface area contributed by atoms with E-state index in [2.05, 4.69) is 19.9 Å². The van der Waals surface area contributed by atoms with Gasteiger partial charge in [-0.3, -0.25) is 0 Å². The summed E-state index contributed by atoms with van der Waals surface area (Å²) in [5.41, 5.74) is -0.651. The van der Waals surface area contributed by atoms with E-state index in [0.717, 1.165) is 0 Å². The molecule has 13 heteroatoms. The number of alkyl halides is 6. The molecule has 0 amide bonds. The van der Waals surface area contributed by atoms with Crippen LogP contribution in [0.15, 0.2) is 18.1 Å². The van der Waals surface area contributed by atoms with E-state index < -0.39 is 71.1 Å². The maximum Gasteiger partial charge on any atom is 0.408 e.